The third kappa shape index (κ3) is 6.65. The highest BCUT2D eigenvalue weighted by Crippen LogP contribution is 2.35. The van der Waals surface area contributed by atoms with E-state index in [0.29, 0.717) is 22.1 Å². The van der Waals surface area contributed by atoms with Crippen LogP contribution in [0.1, 0.15) is 42.3 Å². The van der Waals surface area contributed by atoms with Crippen LogP contribution < -0.4 is 14.8 Å². The third-order valence-corrected chi connectivity index (χ3v) is 6.44. The average molecular weight is 495 g/mol. The molecule has 176 valence electrons. The predicted molar refractivity (Wildman–Crippen MR) is 141 cm³/mol. The van der Waals surface area contributed by atoms with Crippen LogP contribution in [0, 0.1) is 6.92 Å². The Morgan fingerprint density at radius 3 is 2.24 bits per heavy atom. The number of nitrogens with zero attached hydrogens (tertiary/aromatic N) is 1. The second-order valence-corrected chi connectivity index (χ2v) is 9.10. The molecule has 0 radical (unpaired) electrons. The van der Waals surface area contributed by atoms with Crippen molar-refractivity contribution in [3.05, 3.63) is 98.6 Å². The average Bonchev–Trinajstić information content (AvgIpc) is 2.82. The number of methoxy groups -OCH3 is 1. The minimum atomic E-state index is -0.175. The summed E-state index contributed by atoms with van der Waals surface area (Å²) in [6.45, 7) is 7.92. The van der Waals surface area contributed by atoms with Crippen molar-refractivity contribution in [3.8, 4) is 17.2 Å². The van der Waals surface area contributed by atoms with Crippen molar-refractivity contribution in [1.82, 2.24) is 10.3 Å². The van der Waals surface area contributed by atoms with Crippen molar-refractivity contribution in [2.45, 2.75) is 27.7 Å². The molecule has 0 saturated carbocycles. The normalized spacial score (nSPS) is 11.1. The molecule has 1 N–H and O–H groups in total. The quantitative estimate of drug-likeness (QED) is 0.349. The van der Waals surface area contributed by atoms with Crippen molar-refractivity contribution >= 4 is 34.8 Å². The molecule has 7 heteroatoms. The van der Waals surface area contributed by atoms with E-state index < -0.39 is 0 Å². The number of carbonyl (C=O) groups excluding carboxylic acids is 1. The molecule has 1 amide bonds. The highest BCUT2D eigenvalue weighted by Gasteiger charge is 2.12. The zero-order valence-corrected chi connectivity index (χ0v) is 21.4. The van der Waals surface area contributed by atoms with Crippen LogP contribution in [-0.2, 0) is 0 Å². The first-order valence-corrected chi connectivity index (χ1v) is 11.9. The lowest BCUT2D eigenvalue weighted by molar-refractivity contribution is 0.0968. The number of allylic oxidation sites excluding steroid dienone is 2. The van der Waals surface area contributed by atoms with Crippen LogP contribution in [-0.4, -0.2) is 18.0 Å². The van der Waals surface area contributed by atoms with Crippen LogP contribution in [0.2, 0.25) is 5.02 Å². The van der Waals surface area contributed by atoms with E-state index in [1.807, 2.05) is 69.5 Å². The van der Waals surface area contributed by atoms with E-state index in [4.69, 9.17) is 21.1 Å². The molecule has 0 bridgehead atoms. The number of carbonyl (C=O) groups is 1. The smallest absolute Gasteiger partial charge is 0.256 e. The minimum absolute atomic E-state index is 0.175. The second-order valence-electron chi connectivity index (χ2n) is 7.81. The first-order chi connectivity index (χ1) is 16.3. The highest BCUT2D eigenvalue weighted by molar-refractivity contribution is 8.06. The van der Waals surface area contributed by atoms with Crippen LogP contribution >= 0.6 is 23.4 Å². The Balaban J connectivity index is 1.75. The van der Waals surface area contributed by atoms with Gasteiger partial charge in [0.2, 0.25) is 0 Å². The molecule has 3 aromatic rings. The lowest BCUT2D eigenvalue weighted by Gasteiger charge is -2.14. The molecule has 0 spiro atoms. The Bertz CT molecular complexity index is 1200. The molecular formula is C27H27ClN2O3S. The molecule has 0 atom stereocenters. The van der Waals surface area contributed by atoms with Gasteiger partial charge in [-0.2, -0.15) is 0 Å². The predicted octanol–water partition coefficient (Wildman–Crippen LogP) is 7.62. The van der Waals surface area contributed by atoms with Crippen molar-refractivity contribution in [3.63, 3.8) is 0 Å². The zero-order valence-electron chi connectivity index (χ0n) is 19.8. The maximum atomic E-state index is 12.6. The van der Waals surface area contributed by atoms with E-state index in [1.165, 1.54) is 11.8 Å². The SMILES string of the molecule is COc1ccc(Oc2cc(C)c(C(C)=CSC(NC(=O)c3ccncc3)=C(C)C)c(Cl)c2)cc1. The fraction of sp³-hybridized carbons (Fsp3) is 0.185. The number of ether oxygens (including phenoxy) is 2. The minimum Gasteiger partial charge on any atom is -0.497 e. The van der Waals surface area contributed by atoms with Crippen LogP contribution in [0.4, 0.5) is 0 Å². The van der Waals surface area contributed by atoms with E-state index >= 15 is 0 Å². The van der Waals surface area contributed by atoms with Gasteiger partial charge in [-0.1, -0.05) is 23.4 Å². The first kappa shape index (κ1) is 25.4. The van der Waals surface area contributed by atoms with Crippen LogP contribution in [0.25, 0.3) is 5.57 Å². The Labute approximate surface area is 209 Å². The number of amides is 1. The zero-order chi connectivity index (χ0) is 24.7. The van der Waals surface area contributed by atoms with Crippen molar-refractivity contribution in [2.75, 3.05) is 7.11 Å². The number of hydrogen-bond acceptors (Lipinski definition) is 5. The molecule has 0 aliphatic carbocycles. The van der Waals surface area contributed by atoms with Gasteiger partial charge < -0.3 is 14.8 Å². The van der Waals surface area contributed by atoms with Gasteiger partial charge >= 0.3 is 0 Å². The molecule has 2 aromatic carbocycles. The molecule has 0 fully saturated rings. The van der Waals surface area contributed by atoms with Gasteiger partial charge in [0.05, 0.1) is 17.2 Å². The van der Waals surface area contributed by atoms with Gasteiger partial charge in [0.15, 0.2) is 0 Å². The summed E-state index contributed by atoms with van der Waals surface area (Å²) in [5.41, 5.74) is 4.47. The third-order valence-electron chi connectivity index (χ3n) is 4.93. The van der Waals surface area contributed by atoms with Crippen LogP contribution in [0.15, 0.2) is 76.9 Å². The molecule has 0 aliphatic heterocycles. The number of rotatable bonds is 8. The standard InChI is InChI=1S/C27H27ClN2O3S/c1-17(2)27(30-26(31)20-10-12-29-13-11-20)34-16-19(4)25-18(3)14-23(15-24(25)28)33-22-8-6-21(32-5)7-9-22/h6-16H,1-5H3,(H,30,31). The maximum Gasteiger partial charge on any atom is 0.256 e. The fourth-order valence-electron chi connectivity index (χ4n) is 3.21. The number of aromatic nitrogens is 1. The molecule has 1 heterocycles. The number of nitrogens with one attached hydrogen (secondary N) is 1. The number of benzene rings is 2. The molecule has 0 aliphatic rings. The van der Waals surface area contributed by atoms with E-state index in [-0.39, 0.29) is 5.91 Å². The Kier molecular flexibility index (Phi) is 8.79. The fourth-order valence-corrected chi connectivity index (χ4v) is 4.41. The van der Waals surface area contributed by atoms with E-state index in [2.05, 4.69) is 10.3 Å². The topological polar surface area (TPSA) is 60.5 Å². The molecule has 0 saturated heterocycles. The summed E-state index contributed by atoms with van der Waals surface area (Å²) in [5.74, 6) is 1.95. The van der Waals surface area contributed by atoms with Gasteiger partial charge in [0.25, 0.3) is 5.91 Å². The number of aryl methyl sites for hydroxylation is 1. The second kappa shape index (κ2) is 11.8. The van der Waals surface area contributed by atoms with Crippen molar-refractivity contribution in [1.29, 1.82) is 0 Å². The molecule has 3 rings (SSSR count). The molecule has 0 unspecified atom stereocenters. The first-order valence-electron chi connectivity index (χ1n) is 10.6. The number of hydrogen-bond donors (Lipinski definition) is 1. The Hall–Kier alpha value is -3.22. The van der Waals surface area contributed by atoms with E-state index in [9.17, 15) is 4.79 Å². The van der Waals surface area contributed by atoms with Crippen molar-refractivity contribution in [2.24, 2.45) is 0 Å². The molecular weight excluding hydrogens is 468 g/mol. The molecule has 1 aromatic heterocycles. The van der Waals surface area contributed by atoms with E-state index in [1.54, 1.807) is 31.6 Å². The maximum absolute atomic E-state index is 12.6. The lowest BCUT2D eigenvalue weighted by atomic mass is 10.0. The number of thioether (sulfide) groups is 1. The Morgan fingerprint density at radius 2 is 1.65 bits per heavy atom. The Morgan fingerprint density at radius 1 is 1.00 bits per heavy atom. The molecule has 5 nitrogen and oxygen atoms in total. The van der Waals surface area contributed by atoms with E-state index in [0.717, 1.165) is 33.1 Å². The summed E-state index contributed by atoms with van der Waals surface area (Å²) in [5, 5.41) is 6.34. The van der Waals surface area contributed by atoms with Crippen LogP contribution in [0.3, 0.4) is 0 Å². The largest absolute Gasteiger partial charge is 0.497 e. The van der Waals surface area contributed by atoms with Gasteiger partial charge in [-0.05, 0) is 97.8 Å². The summed E-state index contributed by atoms with van der Waals surface area (Å²) in [6.07, 6.45) is 3.20. The number of halogens is 1. The monoisotopic (exact) mass is 494 g/mol. The summed E-state index contributed by atoms with van der Waals surface area (Å²) in [7, 11) is 1.63. The summed E-state index contributed by atoms with van der Waals surface area (Å²) in [4.78, 5) is 16.5. The van der Waals surface area contributed by atoms with Gasteiger partial charge in [-0.25, -0.2) is 0 Å². The summed E-state index contributed by atoms with van der Waals surface area (Å²) >= 11 is 8.10. The van der Waals surface area contributed by atoms with Gasteiger partial charge in [-0.3, -0.25) is 9.78 Å². The van der Waals surface area contributed by atoms with Gasteiger partial charge in [0, 0.05) is 24.0 Å². The van der Waals surface area contributed by atoms with Crippen LogP contribution in [0.5, 0.6) is 17.2 Å². The highest BCUT2D eigenvalue weighted by atomic mass is 35.5. The number of pyridine rings is 1. The van der Waals surface area contributed by atoms with Gasteiger partial charge in [0.1, 0.15) is 17.2 Å². The molecule has 34 heavy (non-hydrogen) atoms. The lowest BCUT2D eigenvalue weighted by Crippen LogP contribution is -2.21. The summed E-state index contributed by atoms with van der Waals surface area (Å²) < 4.78 is 11.1. The van der Waals surface area contributed by atoms with Gasteiger partial charge in [-0.15, -0.1) is 0 Å². The van der Waals surface area contributed by atoms with Crippen molar-refractivity contribution < 1.29 is 14.3 Å². The summed E-state index contributed by atoms with van der Waals surface area (Å²) in [6, 6.07) is 14.5.